The second-order valence-electron chi connectivity index (χ2n) is 8.73. The molecule has 2 aromatic carbocycles. The van der Waals surface area contributed by atoms with E-state index in [9.17, 15) is 14.4 Å². The Morgan fingerprint density at radius 2 is 1.59 bits per heavy atom. The molecule has 0 aliphatic heterocycles. The lowest BCUT2D eigenvalue weighted by atomic mass is 9.94. The van der Waals surface area contributed by atoms with Crippen LogP contribution in [-0.2, 0) is 16.0 Å². The Kier molecular flexibility index (Phi) is 9.44. The number of hydrogen-bond acceptors (Lipinski definition) is 9. The van der Waals surface area contributed by atoms with Crippen LogP contribution in [-0.4, -0.2) is 79.6 Å². The van der Waals surface area contributed by atoms with Crippen molar-refractivity contribution >= 4 is 28.8 Å². The monoisotopic (exact) mass is 536 g/mol. The third kappa shape index (κ3) is 7.02. The molecule has 4 rings (SSSR count). The van der Waals surface area contributed by atoms with E-state index in [1.165, 1.54) is 4.90 Å². The van der Waals surface area contributed by atoms with Crippen LogP contribution in [0.2, 0.25) is 0 Å². The lowest BCUT2D eigenvalue weighted by Gasteiger charge is -2.15. The van der Waals surface area contributed by atoms with Crippen molar-refractivity contribution in [2.24, 2.45) is 5.73 Å². The molecule has 0 aliphatic carbocycles. The summed E-state index contributed by atoms with van der Waals surface area (Å²) in [6, 6.07) is 18.9. The molecule has 0 saturated heterocycles. The molecule has 0 spiro atoms. The van der Waals surface area contributed by atoms with Gasteiger partial charge in [0.05, 0.1) is 0 Å². The van der Waals surface area contributed by atoms with Gasteiger partial charge < -0.3 is 35.6 Å². The van der Waals surface area contributed by atoms with Crippen molar-refractivity contribution in [3.8, 4) is 11.3 Å². The van der Waals surface area contributed by atoms with Gasteiger partial charge in [-0.15, -0.1) is 0 Å². The van der Waals surface area contributed by atoms with Crippen LogP contribution in [0.15, 0.2) is 71.4 Å². The molecule has 0 saturated carbocycles. The molecule has 12 nitrogen and oxygen atoms in total. The van der Waals surface area contributed by atoms with Crippen molar-refractivity contribution < 1.29 is 39.3 Å². The number of benzene rings is 2. The van der Waals surface area contributed by atoms with Gasteiger partial charge in [-0.3, -0.25) is 9.78 Å². The Labute approximate surface area is 222 Å². The molecule has 1 amide bonds. The van der Waals surface area contributed by atoms with Crippen molar-refractivity contribution in [1.29, 1.82) is 0 Å². The van der Waals surface area contributed by atoms with E-state index in [0.29, 0.717) is 17.6 Å². The molecule has 0 unspecified atom stereocenters. The van der Waals surface area contributed by atoms with E-state index >= 15 is 0 Å². The molecule has 2 heterocycles. The SMILES string of the molecule is CN(C)C(=O)c1ccc2c(-c3ccccc3[C@@H](N)Cc3ccccn3)noc2c1.O=C(O)[C@H](O)[C@@H](O)C(=O)O. The van der Waals surface area contributed by atoms with E-state index in [2.05, 4.69) is 10.1 Å². The van der Waals surface area contributed by atoms with Crippen molar-refractivity contribution in [2.75, 3.05) is 14.1 Å². The quantitative estimate of drug-likeness (QED) is 0.219. The van der Waals surface area contributed by atoms with Crippen LogP contribution in [0.1, 0.15) is 27.7 Å². The third-order valence-electron chi connectivity index (χ3n) is 5.70. The Balaban J connectivity index is 0.000000360. The van der Waals surface area contributed by atoms with Crippen LogP contribution in [0.25, 0.3) is 22.2 Å². The van der Waals surface area contributed by atoms with Gasteiger partial charge in [0.2, 0.25) is 0 Å². The second kappa shape index (κ2) is 12.7. The molecule has 0 fully saturated rings. The van der Waals surface area contributed by atoms with Gasteiger partial charge in [0.1, 0.15) is 5.69 Å². The molecular weight excluding hydrogens is 508 g/mol. The highest BCUT2D eigenvalue weighted by Gasteiger charge is 2.29. The molecule has 0 aliphatic rings. The number of aliphatic hydroxyl groups is 2. The number of nitrogens with zero attached hydrogens (tertiary/aromatic N) is 3. The Morgan fingerprint density at radius 1 is 0.949 bits per heavy atom. The molecule has 12 heteroatoms. The normalized spacial score (nSPS) is 13.1. The number of rotatable bonds is 8. The number of pyridine rings is 1. The van der Waals surface area contributed by atoms with Gasteiger partial charge in [0.25, 0.3) is 5.91 Å². The molecule has 2 aromatic heterocycles. The van der Waals surface area contributed by atoms with Gasteiger partial charge in [-0.05, 0) is 35.9 Å². The van der Waals surface area contributed by atoms with Crippen molar-refractivity contribution in [1.82, 2.24) is 15.0 Å². The summed E-state index contributed by atoms with van der Waals surface area (Å²) in [5.74, 6) is -3.62. The first-order valence-corrected chi connectivity index (χ1v) is 11.7. The summed E-state index contributed by atoms with van der Waals surface area (Å²) < 4.78 is 5.55. The zero-order valence-corrected chi connectivity index (χ0v) is 21.1. The Bertz CT molecular complexity index is 1440. The van der Waals surface area contributed by atoms with Gasteiger partial charge in [-0.25, -0.2) is 9.59 Å². The van der Waals surface area contributed by atoms with Crippen LogP contribution in [0.5, 0.6) is 0 Å². The summed E-state index contributed by atoms with van der Waals surface area (Å²) in [5, 5.41) is 37.7. The van der Waals surface area contributed by atoms with E-state index in [0.717, 1.165) is 27.9 Å². The standard InChI is InChI=1S/C23H22N4O2.C4H6O6/c1-27(2)23(28)15-10-11-19-21(13-15)29-26-22(19)18-9-4-3-8-17(18)20(24)14-16-7-5-6-12-25-16;5-1(3(7)8)2(6)4(9)10/h3-13,20H,14,24H2,1-2H3;1-2,5-6H,(H,7,8)(H,9,10)/t20-;1-,2-/m01/s1. The highest BCUT2D eigenvalue weighted by Crippen LogP contribution is 2.33. The number of aliphatic carboxylic acids is 2. The fourth-order valence-corrected chi connectivity index (χ4v) is 3.68. The van der Waals surface area contributed by atoms with Crippen molar-refractivity contribution in [3.63, 3.8) is 0 Å². The van der Waals surface area contributed by atoms with Gasteiger partial charge in [-0.2, -0.15) is 0 Å². The second-order valence-corrected chi connectivity index (χ2v) is 8.73. The molecule has 4 aromatic rings. The number of hydrogen-bond donors (Lipinski definition) is 5. The van der Waals surface area contributed by atoms with Crippen LogP contribution < -0.4 is 5.73 Å². The number of nitrogens with two attached hydrogens (primary N) is 1. The number of carboxylic acids is 2. The van der Waals surface area contributed by atoms with Gasteiger partial charge >= 0.3 is 11.9 Å². The summed E-state index contributed by atoms with van der Waals surface area (Å²) in [4.78, 5) is 37.7. The summed E-state index contributed by atoms with van der Waals surface area (Å²) >= 11 is 0. The minimum Gasteiger partial charge on any atom is -0.479 e. The number of fused-ring (bicyclic) bond motifs is 1. The molecule has 3 atom stereocenters. The van der Waals surface area contributed by atoms with Crippen molar-refractivity contribution in [2.45, 2.75) is 24.7 Å². The third-order valence-corrected chi connectivity index (χ3v) is 5.70. The van der Waals surface area contributed by atoms with Crippen LogP contribution in [0, 0.1) is 0 Å². The average Bonchev–Trinajstić information content (AvgIpc) is 3.35. The highest BCUT2D eigenvalue weighted by molar-refractivity contribution is 6.00. The maximum absolute atomic E-state index is 12.2. The van der Waals surface area contributed by atoms with Crippen LogP contribution >= 0.6 is 0 Å². The lowest BCUT2D eigenvalue weighted by Crippen LogP contribution is -2.39. The Hall–Kier alpha value is -4.65. The van der Waals surface area contributed by atoms with E-state index in [1.54, 1.807) is 32.4 Å². The van der Waals surface area contributed by atoms with Gasteiger partial charge in [0, 0.05) is 55.0 Å². The fourth-order valence-electron chi connectivity index (χ4n) is 3.68. The topological polar surface area (TPSA) is 200 Å². The molecule has 6 N–H and O–H groups in total. The number of amides is 1. The van der Waals surface area contributed by atoms with Crippen LogP contribution in [0.4, 0.5) is 0 Å². The number of carbonyl (C=O) groups is 3. The average molecular weight is 537 g/mol. The summed E-state index contributed by atoms with van der Waals surface area (Å²) in [7, 11) is 3.44. The van der Waals surface area contributed by atoms with E-state index in [-0.39, 0.29) is 11.9 Å². The first kappa shape index (κ1) is 28.9. The summed E-state index contributed by atoms with van der Waals surface area (Å²) in [5.41, 5.74) is 11.2. The zero-order chi connectivity index (χ0) is 28.7. The molecular formula is C27H28N4O8. The number of carbonyl (C=O) groups excluding carboxylic acids is 1. The van der Waals surface area contributed by atoms with E-state index < -0.39 is 24.1 Å². The predicted octanol–water partition coefficient (Wildman–Crippen LogP) is 1.71. The highest BCUT2D eigenvalue weighted by atomic mass is 16.5. The zero-order valence-electron chi connectivity index (χ0n) is 21.1. The first-order chi connectivity index (χ1) is 18.5. The minimum absolute atomic E-state index is 0.0809. The molecule has 0 bridgehead atoms. The number of aromatic nitrogens is 2. The smallest absolute Gasteiger partial charge is 0.335 e. The van der Waals surface area contributed by atoms with Crippen molar-refractivity contribution in [3.05, 3.63) is 83.7 Å². The summed E-state index contributed by atoms with van der Waals surface area (Å²) in [6.45, 7) is 0. The maximum atomic E-state index is 12.2. The fraction of sp³-hybridized carbons (Fsp3) is 0.222. The van der Waals surface area contributed by atoms with Gasteiger partial charge in [-0.1, -0.05) is 35.5 Å². The molecule has 204 valence electrons. The lowest BCUT2D eigenvalue weighted by molar-refractivity contribution is -0.165. The van der Waals surface area contributed by atoms with E-state index in [4.69, 9.17) is 30.7 Å². The summed E-state index contributed by atoms with van der Waals surface area (Å²) in [6.07, 6.45) is -2.14. The molecule has 0 radical (unpaired) electrons. The van der Waals surface area contributed by atoms with Gasteiger partial charge in [0.15, 0.2) is 17.8 Å². The first-order valence-electron chi connectivity index (χ1n) is 11.7. The Morgan fingerprint density at radius 3 is 2.18 bits per heavy atom. The maximum Gasteiger partial charge on any atom is 0.335 e. The number of carboxylic acid groups (broad SMARTS) is 2. The predicted molar refractivity (Wildman–Crippen MR) is 140 cm³/mol. The van der Waals surface area contributed by atoms with E-state index in [1.807, 2.05) is 48.5 Å². The number of aliphatic hydroxyl groups excluding tert-OH is 2. The van der Waals surface area contributed by atoms with Crippen LogP contribution in [0.3, 0.4) is 0 Å². The largest absolute Gasteiger partial charge is 0.479 e. The molecule has 39 heavy (non-hydrogen) atoms. The minimum atomic E-state index is -2.27.